The van der Waals surface area contributed by atoms with Crippen molar-refractivity contribution in [1.29, 1.82) is 0 Å². The Morgan fingerprint density at radius 3 is 2.59 bits per heavy atom. The predicted octanol–water partition coefficient (Wildman–Crippen LogP) is 4.10. The first-order valence-corrected chi connectivity index (χ1v) is 7.64. The van der Waals surface area contributed by atoms with Crippen LogP contribution in [-0.4, -0.2) is 12.6 Å². The van der Waals surface area contributed by atoms with Gasteiger partial charge in [-0.1, -0.05) is 46.3 Å². The van der Waals surface area contributed by atoms with Gasteiger partial charge in [0.25, 0.3) is 0 Å². The Labute approximate surface area is 137 Å². The van der Waals surface area contributed by atoms with E-state index in [4.69, 9.17) is 0 Å². The Morgan fingerprint density at radius 1 is 1.14 bits per heavy atom. The molecule has 0 heterocycles. The van der Waals surface area contributed by atoms with Gasteiger partial charge in [-0.05, 0) is 36.3 Å². The van der Waals surface area contributed by atoms with Gasteiger partial charge in [0.2, 0.25) is 0 Å². The maximum atomic E-state index is 13.3. The second-order valence-corrected chi connectivity index (χ2v) is 5.55. The van der Waals surface area contributed by atoms with Gasteiger partial charge in [0.05, 0.1) is 0 Å². The zero-order valence-electron chi connectivity index (χ0n) is 11.9. The first kappa shape index (κ1) is 16.2. The Balaban J connectivity index is 1.72. The molecule has 0 bridgehead atoms. The largest absolute Gasteiger partial charge is 0.338 e. The third-order valence-electron chi connectivity index (χ3n) is 3.00. The number of amides is 2. The first-order chi connectivity index (χ1) is 10.6. The molecule has 0 unspecified atom stereocenters. The molecule has 0 spiro atoms. The third-order valence-corrected chi connectivity index (χ3v) is 3.52. The molecule has 2 amide bonds. The summed E-state index contributed by atoms with van der Waals surface area (Å²) in [4.78, 5) is 11.6. The Kier molecular flexibility index (Phi) is 6.15. The van der Waals surface area contributed by atoms with E-state index in [0.29, 0.717) is 12.1 Å². The topological polar surface area (TPSA) is 41.1 Å². The number of rotatable bonds is 5. The average molecular weight is 363 g/mol. The summed E-state index contributed by atoms with van der Waals surface area (Å²) in [5, 5.41) is 5.29. The molecule has 0 aromatic heterocycles. The van der Waals surface area contributed by atoms with E-state index in [1.807, 2.05) is 24.3 Å². The van der Waals surface area contributed by atoms with Crippen molar-refractivity contribution in [3.05, 3.63) is 76.1 Å². The highest BCUT2D eigenvalue weighted by molar-refractivity contribution is 9.10. The van der Waals surface area contributed by atoms with E-state index in [-0.39, 0.29) is 11.8 Å². The Bertz CT molecular complexity index is 656. The molecule has 114 valence electrons. The van der Waals surface area contributed by atoms with Crippen LogP contribution < -0.4 is 10.6 Å². The van der Waals surface area contributed by atoms with Crippen LogP contribution >= 0.6 is 15.9 Å². The minimum atomic E-state index is -0.323. The highest BCUT2D eigenvalue weighted by Crippen LogP contribution is 2.10. The molecule has 2 rings (SSSR count). The minimum Gasteiger partial charge on any atom is -0.338 e. The van der Waals surface area contributed by atoms with Gasteiger partial charge in [0, 0.05) is 22.8 Å². The third kappa shape index (κ3) is 5.33. The molecular formula is C17H16BrFN2O. The number of benzene rings is 2. The molecule has 2 aromatic carbocycles. The van der Waals surface area contributed by atoms with Crippen LogP contribution in [0.1, 0.15) is 11.1 Å². The fourth-order valence-electron chi connectivity index (χ4n) is 1.84. The Morgan fingerprint density at radius 2 is 1.86 bits per heavy atom. The summed E-state index contributed by atoms with van der Waals surface area (Å²) in [7, 11) is 0. The molecule has 2 aromatic rings. The second kappa shape index (κ2) is 8.34. The van der Waals surface area contributed by atoms with E-state index in [1.54, 1.807) is 18.2 Å². The SMILES string of the molecule is O=C(N/C=C/c1ccccc1F)NCCc1ccc(Br)cc1. The smallest absolute Gasteiger partial charge is 0.318 e. The summed E-state index contributed by atoms with van der Waals surface area (Å²) in [5.41, 5.74) is 1.57. The van der Waals surface area contributed by atoms with E-state index >= 15 is 0 Å². The highest BCUT2D eigenvalue weighted by Gasteiger charge is 1.99. The van der Waals surface area contributed by atoms with Crippen LogP contribution in [-0.2, 0) is 6.42 Å². The molecule has 0 aliphatic rings. The summed E-state index contributed by atoms with van der Waals surface area (Å²) < 4.78 is 14.4. The van der Waals surface area contributed by atoms with Crippen molar-refractivity contribution in [3.63, 3.8) is 0 Å². The van der Waals surface area contributed by atoms with Crippen LogP contribution in [0.3, 0.4) is 0 Å². The number of carbonyl (C=O) groups is 1. The van der Waals surface area contributed by atoms with Crippen LogP contribution in [0, 0.1) is 5.82 Å². The minimum absolute atomic E-state index is 0.315. The number of nitrogens with one attached hydrogen (secondary N) is 2. The van der Waals surface area contributed by atoms with Crippen LogP contribution in [0.5, 0.6) is 0 Å². The van der Waals surface area contributed by atoms with Crippen LogP contribution in [0.25, 0.3) is 6.08 Å². The zero-order valence-corrected chi connectivity index (χ0v) is 13.4. The molecular weight excluding hydrogens is 347 g/mol. The van der Waals surface area contributed by atoms with Gasteiger partial charge in [0.15, 0.2) is 0 Å². The van der Waals surface area contributed by atoms with Crippen molar-refractivity contribution in [2.75, 3.05) is 6.54 Å². The van der Waals surface area contributed by atoms with Crippen molar-refractivity contribution in [2.24, 2.45) is 0 Å². The fourth-order valence-corrected chi connectivity index (χ4v) is 2.10. The maximum absolute atomic E-state index is 13.3. The average Bonchev–Trinajstić information content (AvgIpc) is 2.51. The molecule has 0 saturated heterocycles. The van der Waals surface area contributed by atoms with Gasteiger partial charge in [-0.25, -0.2) is 9.18 Å². The number of carbonyl (C=O) groups excluding carboxylic acids is 1. The van der Waals surface area contributed by atoms with Crippen molar-refractivity contribution in [1.82, 2.24) is 10.6 Å². The summed E-state index contributed by atoms with van der Waals surface area (Å²) >= 11 is 3.38. The molecule has 5 heteroatoms. The highest BCUT2D eigenvalue weighted by atomic mass is 79.9. The number of halogens is 2. The van der Waals surface area contributed by atoms with Crippen molar-refractivity contribution in [2.45, 2.75) is 6.42 Å². The molecule has 0 radical (unpaired) electrons. The van der Waals surface area contributed by atoms with E-state index in [2.05, 4.69) is 26.6 Å². The number of hydrogen-bond acceptors (Lipinski definition) is 1. The van der Waals surface area contributed by atoms with Crippen molar-refractivity contribution >= 4 is 28.0 Å². The van der Waals surface area contributed by atoms with Crippen LogP contribution in [0.4, 0.5) is 9.18 Å². The van der Waals surface area contributed by atoms with Crippen LogP contribution in [0.2, 0.25) is 0 Å². The van der Waals surface area contributed by atoms with E-state index in [0.717, 1.165) is 16.5 Å². The van der Waals surface area contributed by atoms with Gasteiger partial charge in [-0.3, -0.25) is 0 Å². The maximum Gasteiger partial charge on any atom is 0.318 e. The molecule has 22 heavy (non-hydrogen) atoms. The van der Waals surface area contributed by atoms with Gasteiger partial charge in [-0.2, -0.15) is 0 Å². The summed E-state index contributed by atoms with van der Waals surface area (Å²) in [6.45, 7) is 0.529. The van der Waals surface area contributed by atoms with E-state index in [1.165, 1.54) is 18.3 Å². The molecule has 0 atom stereocenters. The van der Waals surface area contributed by atoms with Crippen molar-refractivity contribution < 1.29 is 9.18 Å². The fraction of sp³-hybridized carbons (Fsp3) is 0.118. The van der Waals surface area contributed by atoms with Gasteiger partial charge in [0.1, 0.15) is 5.82 Å². The zero-order chi connectivity index (χ0) is 15.8. The number of hydrogen-bond donors (Lipinski definition) is 2. The van der Waals surface area contributed by atoms with E-state index in [9.17, 15) is 9.18 Å². The number of urea groups is 1. The van der Waals surface area contributed by atoms with Gasteiger partial charge in [-0.15, -0.1) is 0 Å². The first-order valence-electron chi connectivity index (χ1n) is 6.85. The molecule has 0 saturated carbocycles. The monoisotopic (exact) mass is 362 g/mol. The second-order valence-electron chi connectivity index (χ2n) is 4.63. The lowest BCUT2D eigenvalue weighted by Crippen LogP contribution is -2.33. The lowest BCUT2D eigenvalue weighted by Gasteiger charge is -2.05. The summed E-state index contributed by atoms with van der Waals surface area (Å²) in [6.07, 6.45) is 3.69. The van der Waals surface area contributed by atoms with Gasteiger partial charge >= 0.3 is 6.03 Å². The normalized spacial score (nSPS) is 10.6. The molecule has 0 aliphatic heterocycles. The summed E-state index contributed by atoms with van der Waals surface area (Å²) in [6, 6.07) is 14.0. The molecule has 0 aliphatic carbocycles. The van der Waals surface area contributed by atoms with E-state index < -0.39 is 0 Å². The lowest BCUT2D eigenvalue weighted by atomic mass is 10.1. The Hall–Kier alpha value is -2.14. The predicted molar refractivity (Wildman–Crippen MR) is 89.8 cm³/mol. The molecule has 2 N–H and O–H groups in total. The van der Waals surface area contributed by atoms with Crippen LogP contribution in [0.15, 0.2) is 59.2 Å². The lowest BCUT2D eigenvalue weighted by molar-refractivity contribution is 0.244. The van der Waals surface area contributed by atoms with Crippen molar-refractivity contribution in [3.8, 4) is 0 Å². The molecule has 0 fully saturated rings. The van der Waals surface area contributed by atoms with Gasteiger partial charge < -0.3 is 10.6 Å². The quantitative estimate of drug-likeness (QED) is 0.825. The summed E-state index contributed by atoms with van der Waals surface area (Å²) in [5.74, 6) is -0.323. The standard InChI is InChI=1S/C17H16BrFN2O/c18-15-7-5-13(6-8-15)9-11-20-17(22)21-12-10-14-3-1-2-4-16(14)19/h1-8,10,12H,9,11H2,(H2,20,21,22)/b12-10+. The molecule has 3 nitrogen and oxygen atoms in total.